The van der Waals surface area contributed by atoms with Crippen molar-refractivity contribution >= 4 is 29.6 Å². The number of hydrogen-bond donors (Lipinski definition) is 0. The Balaban J connectivity index is 1.67. The maximum atomic E-state index is 12.5. The number of hydrogen-bond acceptors (Lipinski definition) is 6. The zero-order valence-electron chi connectivity index (χ0n) is 15.8. The van der Waals surface area contributed by atoms with Gasteiger partial charge in [-0.1, -0.05) is 17.7 Å². The number of likely N-dealkylation sites (tertiary alicyclic amines) is 1. The molecule has 1 aliphatic heterocycles. The largest absolute Gasteiger partial charge is 0.469 e. The van der Waals surface area contributed by atoms with Gasteiger partial charge in [-0.05, 0) is 54.3 Å². The fourth-order valence-electron chi connectivity index (χ4n) is 3.19. The van der Waals surface area contributed by atoms with E-state index < -0.39 is 0 Å². The molecule has 1 fully saturated rings. The molecule has 1 aromatic carbocycles. The van der Waals surface area contributed by atoms with Crippen LogP contribution in [0, 0.1) is 12.8 Å². The van der Waals surface area contributed by atoms with E-state index in [0.29, 0.717) is 43.3 Å². The standard InChI is InChI=1S/C19H22ClN5O3/c1-13-21-23-25(22-13)12-16-11-17(20)5-3-14(16)4-6-18(26)24-9-7-15(8-10-24)19(27)28-2/h3-6,11,15H,7-10,12H2,1-2H3/b6-4+. The van der Waals surface area contributed by atoms with Crippen LogP contribution in [0.4, 0.5) is 0 Å². The average Bonchev–Trinajstić information content (AvgIpc) is 3.11. The molecule has 1 aromatic heterocycles. The lowest BCUT2D eigenvalue weighted by atomic mass is 9.97. The first-order valence-electron chi connectivity index (χ1n) is 9.04. The van der Waals surface area contributed by atoms with Gasteiger partial charge in [0.1, 0.15) is 0 Å². The number of carbonyl (C=O) groups excluding carboxylic acids is 2. The summed E-state index contributed by atoms with van der Waals surface area (Å²) in [5, 5.41) is 12.6. The first-order valence-corrected chi connectivity index (χ1v) is 9.41. The van der Waals surface area contributed by atoms with Crippen LogP contribution in [0.2, 0.25) is 5.02 Å². The van der Waals surface area contributed by atoms with Crippen LogP contribution in [-0.2, 0) is 20.9 Å². The molecule has 0 spiro atoms. The fourth-order valence-corrected chi connectivity index (χ4v) is 3.38. The number of halogens is 1. The molecular weight excluding hydrogens is 382 g/mol. The van der Waals surface area contributed by atoms with Crippen LogP contribution in [0.25, 0.3) is 6.08 Å². The monoisotopic (exact) mass is 403 g/mol. The van der Waals surface area contributed by atoms with Crippen LogP contribution < -0.4 is 0 Å². The summed E-state index contributed by atoms with van der Waals surface area (Å²) < 4.78 is 4.78. The summed E-state index contributed by atoms with van der Waals surface area (Å²) in [6.07, 6.45) is 4.56. The molecule has 0 unspecified atom stereocenters. The molecule has 0 N–H and O–H groups in total. The number of aryl methyl sites for hydroxylation is 1. The van der Waals surface area contributed by atoms with E-state index in [9.17, 15) is 9.59 Å². The van der Waals surface area contributed by atoms with Crippen molar-refractivity contribution < 1.29 is 14.3 Å². The highest BCUT2D eigenvalue weighted by Gasteiger charge is 2.27. The number of ether oxygens (including phenoxy) is 1. The molecular formula is C19H22ClN5O3. The molecule has 0 atom stereocenters. The summed E-state index contributed by atoms with van der Waals surface area (Å²) >= 11 is 6.12. The minimum atomic E-state index is -0.203. The minimum absolute atomic E-state index is 0.0843. The second-order valence-corrected chi connectivity index (χ2v) is 7.10. The quantitative estimate of drug-likeness (QED) is 0.561. The van der Waals surface area contributed by atoms with Gasteiger partial charge in [-0.15, -0.1) is 10.2 Å². The fraction of sp³-hybridized carbons (Fsp3) is 0.421. The molecule has 0 radical (unpaired) electrons. The smallest absolute Gasteiger partial charge is 0.308 e. The van der Waals surface area contributed by atoms with Crippen molar-refractivity contribution in [2.24, 2.45) is 5.92 Å². The van der Waals surface area contributed by atoms with Gasteiger partial charge < -0.3 is 9.64 Å². The van der Waals surface area contributed by atoms with E-state index in [4.69, 9.17) is 16.3 Å². The second-order valence-electron chi connectivity index (χ2n) is 6.67. The Hall–Kier alpha value is -2.74. The van der Waals surface area contributed by atoms with Crippen LogP contribution in [0.1, 0.15) is 29.8 Å². The number of piperidine rings is 1. The van der Waals surface area contributed by atoms with Crippen molar-refractivity contribution in [2.45, 2.75) is 26.3 Å². The Morgan fingerprint density at radius 2 is 2.07 bits per heavy atom. The molecule has 1 aliphatic rings. The molecule has 2 aromatic rings. The number of rotatable bonds is 5. The third-order valence-corrected chi connectivity index (χ3v) is 4.95. The molecule has 1 saturated heterocycles. The van der Waals surface area contributed by atoms with Gasteiger partial charge in [-0.25, -0.2) is 0 Å². The lowest BCUT2D eigenvalue weighted by Gasteiger charge is -2.29. The second kappa shape index (κ2) is 8.97. The summed E-state index contributed by atoms with van der Waals surface area (Å²) in [6, 6.07) is 5.46. The van der Waals surface area contributed by atoms with Gasteiger partial charge in [0, 0.05) is 24.2 Å². The van der Waals surface area contributed by atoms with E-state index >= 15 is 0 Å². The van der Waals surface area contributed by atoms with E-state index in [1.165, 1.54) is 11.9 Å². The van der Waals surface area contributed by atoms with E-state index in [0.717, 1.165) is 11.1 Å². The number of methoxy groups -OCH3 is 1. The number of benzene rings is 1. The van der Waals surface area contributed by atoms with Crippen LogP contribution in [0.3, 0.4) is 0 Å². The minimum Gasteiger partial charge on any atom is -0.469 e. The number of esters is 1. The highest BCUT2D eigenvalue weighted by molar-refractivity contribution is 6.30. The first-order chi connectivity index (χ1) is 13.5. The Bertz CT molecular complexity index is 887. The Morgan fingerprint density at radius 3 is 2.71 bits per heavy atom. The predicted molar refractivity (Wildman–Crippen MR) is 103 cm³/mol. The summed E-state index contributed by atoms with van der Waals surface area (Å²) in [6.45, 7) is 3.25. The molecule has 9 heteroatoms. The maximum absolute atomic E-state index is 12.5. The van der Waals surface area contributed by atoms with Gasteiger partial charge in [0.15, 0.2) is 5.82 Å². The highest BCUT2D eigenvalue weighted by atomic mass is 35.5. The maximum Gasteiger partial charge on any atom is 0.308 e. The molecule has 28 heavy (non-hydrogen) atoms. The summed E-state index contributed by atoms with van der Waals surface area (Å²) in [5.74, 6) is 0.175. The van der Waals surface area contributed by atoms with Crippen LogP contribution >= 0.6 is 11.6 Å². The van der Waals surface area contributed by atoms with Gasteiger partial charge in [-0.2, -0.15) is 4.80 Å². The topological polar surface area (TPSA) is 90.2 Å². The van der Waals surface area contributed by atoms with Gasteiger partial charge in [-0.3, -0.25) is 9.59 Å². The number of nitrogens with zero attached hydrogens (tertiary/aromatic N) is 5. The van der Waals surface area contributed by atoms with Crippen LogP contribution in [-0.4, -0.2) is 57.2 Å². The number of amides is 1. The molecule has 0 aliphatic carbocycles. The van der Waals surface area contributed by atoms with Crippen LogP contribution in [0.15, 0.2) is 24.3 Å². The third kappa shape index (κ3) is 4.95. The van der Waals surface area contributed by atoms with Gasteiger partial charge in [0.05, 0.1) is 19.6 Å². The Labute approximate surface area is 168 Å². The van der Waals surface area contributed by atoms with Gasteiger partial charge in [0.2, 0.25) is 5.91 Å². The van der Waals surface area contributed by atoms with Crippen molar-refractivity contribution in [3.8, 4) is 0 Å². The van der Waals surface area contributed by atoms with E-state index in [1.807, 2.05) is 12.1 Å². The molecule has 1 amide bonds. The molecule has 0 bridgehead atoms. The van der Waals surface area contributed by atoms with Crippen molar-refractivity contribution in [1.82, 2.24) is 25.1 Å². The number of tetrazole rings is 1. The first kappa shape index (κ1) is 20.0. The van der Waals surface area contributed by atoms with Crippen LogP contribution in [0.5, 0.6) is 0 Å². The SMILES string of the molecule is COC(=O)C1CCN(C(=O)/C=C/c2ccc(Cl)cc2Cn2nnc(C)n2)CC1. The summed E-state index contributed by atoms with van der Waals surface area (Å²) in [5.41, 5.74) is 1.75. The normalized spacial score (nSPS) is 15.2. The Kier molecular flexibility index (Phi) is 6.41. The van der Waals surface area contributed by atoms with Gasteiger partial charge in [0.25, 0.3) is 0 Å². The van der Waals surface area contributed by atoms with Crippen molar-refractivity contribution in [1.29, 1.82) is 0 Å². The summed E-state index contributed by atoms with van der Waals surface area (Å²) in [4.78, 5) is 27.3. The predicted octanol–water partition coefficient (Wildman–Crippen LogP) is 2.11. The zero-order chi connectivity index (χ0) is 20.1. The van der Waals surface area contributed by atoms with E-state index in [1.54, 1.807) is 30.0 Å². The zero-order valence-corrected chi connectivity index (χ0v) is 16.6. The van der Waals surface area contributed by atoms with E-state index in [-0.39, 0.29) is 17.8 Å². The lowest BCUT2D eigenvalue weighted by Crippen LogP contribution is -2.39. The Morgan fingerprint density at radius 1 is 1.32 bits per heavy atom. The van der Waals surface area contributed by atoms with Crippen molar-refractivity contribution in [3.63, 3.8) is 0 Å². The van der Waals surface area contributed by atoms with E-state index in [2.05, 4.69) is 15.4 Å². The molecule has 8 nitrogen and oxygen atoms in total. The highest BCUT2D eigenvalue weighted by Crippen LogP contribution is 2.20. The molecule has 148 valence electrons. The average molecular weight is 404 g/mol. The van der Waals surface area contributed by atoms with Gasteiger partial charge >= 0.3 is 5.97 Å². The lowest BCUT2D eigenvalue weighted by molar-refractivity contribution is -0.148. The molecule has 3 rings (SSSR count). The van der Waals surface area contributed by atoms with Crippen molar-refractivity contribution in [3.05, 3.63) is 46.2 Å². The third-order valence-electron chi connectivity index (χ3n) is 4.72. The number of aromatic nitrogens is 4. The number of carbonyl (C=O) groups is 2. The molecule has 2 heterocycles. The molecule has 0 saturated carbocycles. The summed E-state index contributed by atoms with van der Waals surface area (Å²) in [7, 11) is 1.39. The van der Waals surface area contributed by atoms with Crippen molar-refractivity contribution in [2.75, 3.05) is 20.2 Å².